The summed E-state index contributed by atoms with van der Waals surface area (Å²) in [5.74, 6) is -0.142. The van der Waals surface area contributed by atoms with Gasteiger partial charge in [-0.2, -0.15) is 0 Å². The van der Waals surface area contributed by atoms with E-state index < -0.39 is 17.5 Å². The number of carbonyl (C=O) groups excluding carboxylic acids is 3. The second-order valence-electron chi connectivity index (χ2n) is 6.59. The second kappa shape index (κ2) is 6.82. The van der Waals surface area contributed by atoms with E-state index in [2.05, 4.69) is 10.6 Å². The van der Waals surface area contributed by atoms with E-state index in [9.17, 15) is 14.4 Å². The largest absolute Gasteiger partial charge is 0.459 e. The van der Waals surface area contributed by atoms with Gasteiger partial charge in [0.2, 0.25) is 5.91 Å². The van der Waals surface area contributed by atoms with E-state index in [0.29, 0.717) is 18.6 Å². The first-order valence-electron chi connectivity index (χ1n) is 8.82. The van der Waals surface area contributed by atoms with Crippen molar-refractivity contribution >= 4 is 28.8 Å². The summed E-state index contributed by atoms with van der Waals surface area (Å²) in [6.45, 7) is 5.17. The number of hydrogen-bond donors (Lipinski definition) is 2. The Balaban J connectivity index is 1.67. The highest BCUT2D eigenvalue weighted by molar-refractivity contribution is 6.09. The lowest BCUT2D eigenvalue weighted by atomic mass is 9.93. The van der Waals surface area contributed by atoms with Gasteiger partial charge in [0.15, 0.2) is 0 Å². The van der Waals surface area contributed by atoms with Crippen molar-refractivity contribution in [3.8, 4) is 0 Å². The third-order valence-electron chi connectivity index (χ3n) is 5.00. The number of para-hydroxylation sites is 1. The molecule has 0 radical (unpaired) electrons. The molecule has 2 heterocycles. The standard InChI is InChI=1S/C19H23N3O4/c1-4-19(5-2)17(24)22(18(25)21-19)11-16(23)20-12(3)15-10-13-8-6-7-9-14(13)26-15/h6-10,12H,4-5,11H2,1-3H3,(H,20,23)(H,21,25). The number of urea groups is 1. The smallest absolute Gasteiger partial charge is 0.325 e. The number of carbonyl (C=O) groups is 3. The second-order valence-corrected chi connectivity index (χ2v) is 6.59. The molecule has 4 amide bonds. The zero-order chi connectivity index (χ0) is 18.9. The molecule has 1 saturated heterocycles. The molecule has 7 heteroatoms. The molecule has 7 nitrogen and oxygen atoms in total. The fraction of sp³-hybridized carbons (Fsp3) is 0.421. The van der Waals surface area contributed by atoms with Gasteiger partial charge in [-0.3, -0.25) is 14.5 Å². The summed E-state index contributed by atoms with van der Waals surface area (Å²) in [5.41, 5.74) is -0.157. The van der Waals surface area contributed by atoms with E-state index in [1.165, 1.54) is 0 Å². The molecule has 0 saturated carbocycles. The maximum Gasteiger partial charge on any atom is 0.325 e. The Hall–Kier alpha value is -2.83. The van der Waals surface area contributed by atoms with Gasteiger partial charge in [-0.05, 0) is 31.9 Å². The molecule has 0 bridgehead atoms. The van der Waals surface area contributed by atoms with Crippen molar-refractivity contribution in [2.75, 3.05) is 6.54 Å². The number of amides is 4. The van der Waals surface area contributed by atoms with E-state index in [-0.39, 0.29) is 18.5 Å². The molecule has 3 rings (SSSR count). The quantitative estimate of drug-likeness (QED) is 0.778. The van der Waals surface area contributed by atoms with Gasteiger partial charge < -0.3 is 15.1 Å². The van der Waals surface area contributed by atoms with E-state index in [1.54, 1.807) is 6.92 Å². The van der Waals surface area contributed by atoms with Gasteiger partial charge in [0, 0.05) is 5.39 Å². The molecule has 0 aliphatic carbocycles. The molecule has 2 N–H and O–H groups in total. The molecule has 1 aromatic heterocycles. The monoisotopic (exact) mass is 357 g/mol. The molecular formula is C19H23N3O4. The Kier molecular flexibility index (Phi) is 4.71. The zero-order valence-corrected chi connectivity index (χ0v) is 15.2. The van der Waals surface area contributed by atoms with Crippen LogP contribution in [0.1, 0.15) is 45.4 Å². The fourth-order valence-corrected chi connectivity index (χ4v) is 3.27. The van der Waals surface area contributed by atoms with E-state index in [4.69, 9.17) is 4.42 Å². The Bertz CT molecular complexity index is 820. The predicted molar refractivity (Wildman–Crippen MR) is 96.3 cm³/mol. The molecule has 2 aromatic rings. The average Bonchev–Trinajstić information content (AvgIpc) is 3.16. The fourth-order valence-electron chi connectivity index (χ4n) is 3.27. The first kappa shape index (κ1) is 18.0. The van der Waals surface area contributed by atoms with Crippen molar-refractivity contribution in [3.05, 3.63) is 36.1 Å². The Labute approximate surface area is 151 Å². The number of nitrogens with one attached hydrogen (secondary N) is 2. The third-order valence-corrected chi connectivity index (χ3v) is 5.00. The number of fused-ring (bicyclic) bond motifs is 1. The maximum atomic E-state index is 12.6. The van der Waals surface area contributed by atoms with Crippen LogP contribution in [0.15, 0.2) is 34.7 Å². The molecule has 1 atom stereocenters. The predicted octanol–water partition coefficient (Wildman–Crippen LogP) is 2.72. The topological polar surface area (TPSA) is 91.7 Å². The number of benzene rings is 1. The number of hydrogen-bond acceptors (Lipinski definition) is 4. The van der Waals surface area contributed by atoms with Crippen molar-refractivity contribution in [1.29, 1.82) is 0 Å². The van der Waals surface area contributed by atoms with Crippen LogP contribution >= 0.6 is 0 Å². The average molecular weight is 357 g/mol. The number of furan rings is 1. The Morgan fingerprint density at radius 1 is 1.27 bits per heavy atom. The van der Waals surface area contributed by atoms with Gasteiger partial charge in [-0.1, -0.05) is 32.0 Å². The molecule has 138 valence electrons. The summed E-state index contributed by atoms with van der Waals surface area (Å²) >= 11 is 0. The van der Waals surface area contributed by atoms with Gasteiger partial charge in [0.05, 0.1) is 6.04 Å². The summed E-state index contributed by atoms with van der Waals surface area (Å²) < 4.78 is 5.74. The lowest BCUT2D eigenvalue weighted by Gasteiger charge is -2.23. The van der Waals surface area contributed by atoms with Crippen molar-refractivity contribution in [1.82, 2.24) is 15.5 Å². The molecule has 26 heavy (non-hydrogen) atoms. The highest BCUT2D eigenvalue weighted by Gasteiger charge is 2.49. The summed E-state index contributed by atoms with van der Waals surface area (Å²) in [5, 5.41) is 6.45. The third kappa shape index (κ3) is 3.05. The molecular weight excluding hydrogens is 334 g/mol. The highest BCUT2D eigenvalue weighted by Crippen LogP contribution is 2.25. The maximum absolute atomic E-state index is 12.6. The van der Waals surface area contributed by atoms with Crippen LogP contribution < -0.4 is 10.6 Å². The molecule has 0 spiro atoms. The Morgan fingerprint density at radius 2 is 1.96 bits per heavy atom. The molecule has 1 aliphatic rings. The van der Waals surface area contributed by atoms with Crippen LogP contribution in [0, 0.1) is 0 Å². The van der Waals surface area contributed by atoms with Crippen molar-refractivity contribution in [2.45, 2.75) is 45.2 Å². The van der Waals surface area contributed by atoms with Crippen LogP contribution in [0.4, 0.5) is 4.79 Å². The lowest BCUT2D eigenvalue weighted by Crippen LogP contribution is -2.46. The summed E-state index contributed by atoms with van der Waals surface area (Å²) in [4.78, 5) is 38.0. The van der Waals surface area contributed by atoms with E-state index in [1.807, 2.05) is 44.2 Å². The minimum Gasteiger partial charge on any atom is -0.459 e. The zero-order valence-electron chi connectivity index (χ0n) is 15.2. The van der Waals surface area contributed by atoms with Crippen molar-refractivity contribution < 1.29 is 18.8 Å². The summed E-state index contributed by atoms with van der Waals surface area (Å²) in [6.07, 6.45) is 0.975. The molecule has 1 aromatic carbocycles. The number of rotatable bonds is 6. The highest BCUT2D eigenvalue weighted by atomic mass is 16.3. The van der Waals surface area contributed by atoms with Gasteiger partial charge in [0.25, 0.3) is 5.91 Å². The van der Waals surface area contributed by atoms with E-state index >= 15 is 0 Å². The molecule has 1 fully saturated rings. The van der Waals surface area contributed by atoms with Crippen LogP contribution in [0.2, 0.25) is 0 Å². The summed E-state index contributed by atoms with van der Waals surface area (Å²) in [6, 6.07) is 8.55. The lowest BCUT2D eigenvalue weighted by molar-refractivity contribution is -0.135. The van der Waals surface area contributed by atoms with Gasteiger partial charge in [-0.15, -0.1) is 0 Å². The van der Waals surface area contributed by atoms with Crippen molar-refractivity contribution in [2.24, 2.45) is 0 Å². The molecule has 1 aliphatic heterocycles. The normalized spacial score (nSPS) is 17.4. The Morgan fingerprint density at radius 3 is 2.58 bits per heavy atom. The van der Waals surface area contributed by atoms with Crippen LogP contribution in [-0.4, -0.2) is 34.8 Å². The minimum absolute atomic E-state index is 0.309. The summed E-state index contributed by atoms with van der Waals surface area (Å²) in [7, 11) is 0. The minimum atomic E-state index is -0.901. The first-order chi connectivity index (χ1) is 12.4. The van der Waals surface area contributed by atoms with Crippen molar-refractivity contribution in [3.63, 3.8) is 0 Å². The van der Waals surface area contributed by atoms with Gasteiger partial charge >= 0.3 is 6.03 Å². The van der Waals surface area contributed by atoms with E-state index in [0.717, 1.165) is 15.9 Å². The van der Waals surface area contributed by atoms with Gasteiger partial charge in [-0.25, -0.2) is 4.79 Å². The first-order valence-corrected chi connectivity index (χ1v) is 8.82. The van der Waals surface area contributed by atoms with Crippen LogP contribution in [-0.2, 0) is 9.59 Å². The molecule has 1 unspecified atom stereocenters. The van der Waals surface area contributed by atoms with Crippen LogP contribution in [0.5, 0.6) is 0 Å². The van der Waals surface area contributed by atoms with Gasteiger partial charge in [0.1, 0.15) is 23.4 Å². The number of nitrogens with zero attached hydrogens (tertiary/aromatic N) is 1. The van der Waals surface area contributed by atoms with Crippen LogP contribution in [0.3, 0.4) is 0 Å². The van der Waals surface area contributed by atoms with Crippen LogP contribution in [0.25, 0.3) is 11.0 Å². The SMILES string of the molecule is CCC1(CC)NC(=O)N(CC(=O)NC(C)c2cc3ccccc3o2)C1=O. The number of imide groups is 1.